The molecule has 4 amide bonds. The summed E-state index contributed by atoms with van der Waals surface area (Å²) in [5.74, 6) is -0.0671. The summed E-state index contributed by atoms with van der Waals surface area (Å²) in [6.45, 7) is 9.36. The van der Waals surface area contributed by atoms with Gasteiger partial charge in [0.25, 0.3) is 11.8 Å². The fourth-order valence-corrected chi connectivity index (χ4v) is 7.16. The summed E-state index contributed by atoms with van der Waals surface area (Å²) in [5, 5.41) is 10.9. The van der Waals surface area contributed by atoms with Gasteiger partial charge in [0, 0.05) is 50.6 Å². The van der Waals surface area contributed by atoms with Crippen LogP contribution in [0, 0.1) is 0 Å². The lowest BCUT2D eigenvalue weighted by Gasteiger charge is -2.35. The molecule has 8 rings (SSSR count). The zero-order valence-corrected chi connectivity index (χ0v) is 31.9. The minimum Gasteiger partial charge on any atom is -0.491 e. The topological polar surface area (TPSA) is 191 Å². The summed E-state index contributed by atoms with van der Waals surface area (Å²) in [4.78, 5) is 64.3. The molecule has 2 saturated heterocycles. The van der Waals surface area contributed by atoms with Crippen molar-refractivity contribution < 1.29 is 42.9 Å². The summed E-state index contributed by atoms with van der Waals surface area (Å²) >= 11 is 0. The molecule has 57 heavy (non-hydrogen) atoms. The van der Waals surface area contributed by atoms with Gasteiger partial charge in [-0.2, -0.15) is 5.10 Å². The predicted octanol–water partition coefficient (Wildman–Crippen LogP) is 2.60. The predicted molar refractivity (Wildman–Crippen MR) is 205 cm³/mol. The van der Waals surface area contributed by atoms with E-state index in [1.807, 2.05) is 24.3 Å². The second-order valence-corrected chi connectivity index (χ2v) is 14.8. The Bertz CT molecular complexity index is 2130. The van der Waals surface area contributed by atoms with Crippen molar-refractivity contribution in [2.45, 2.75) is 44.2 Å². The average molecular weight is 783 g/mol. The first-order valence-corrected chi connectivity index (χ1v) is 19.4. The Balaban J connectivity index is 0.672. The summed E-state index contributed by atoms with van der Waals surface area (Å²) in [7, 11) is 0. The lowest BCUT2D eigenvalue weighted by molar-refractivity contribution is -0.136. The van der Waals surface area contributed by atoms with Crippen LogP contribution in [-0.4, -0.2) is 144 Å². The van der Waals surface area contributed by atoms with Gasteiger partial charge in [0.1, 0.15) is 47.6 Å². The molecule has 5 heterocycles. The summed E-state index contributed by atoms with van der Waals surface area (Å²) in [5.41, 5.74) is 2.81. The molecule has 3 aliphatic heterocycles. The number of hydrogen-bond acceptors (Lipinski definition) is 14. The van der Waals surface area contributed by atoms with Gasteiger partial charge in [0.05, 0.1) is 62.0 Å². The number of hydrogen-bond donors (Lipinski definition) is 2. The number of aromatic nitrogens is 4. The van der Waals surface area contributed by atoms with Crippen LogP contribution in [-0.2, 0) is 23.8 Å². The number of aromatic amines is 1. The second kappa shape index (κ2) is 16.9. The molecule has 2 aromatic heterocycles. The number of amides is 4. The third kappa shape index (κ3) is 8.91. The largest absolute Gasteiger partial charge is 0.491 e. The maximum atomic E-state index is 13.0. The first kappa shape index (κ1) is 38.4. The van der Waals surface area contributed by atoms with E-state index in [1.165, 1.54) is 12.1 Å². The highest BCUT2D eigenvalue weighted by atomic mass is 16.6. The van der Waals surface area contributed by atoms with Crippen molar-refractivity contribution in [2.75, 3.05) is 83.9 Å². The van der Waals surface area contributed by atoms with Crippen molar-refractivity contribution in [1.82, 2.24) is 35.3 Å². The molecule has 2 N–H and O–H groups in total. The van der Waals surface area contributed by atoms with Crippen LogP contribution in [0.2, 0.25) is 0 Å². The Hall–Kier alpha value is -5.49. The quantitative estimate of drug-likeness (QED) is 0.111. The third-order valence-electron chi connectivity index (χ3n) is 10.6. The maximum Gasteiger partial charge on any atom is 0.262 e. The highest BCUT2D eigenvalue weighted by Crippen LogP contribution is 2.40. The lowest BCUT2D eigenvalue weighted by atomic mass is 10.0. The highest BCUT2D eigenvalue weighted by molar-refractivity contribution is 6.23. The molecule has 300 valence electrons. The number of carbonyl (C=O) groups is 4. The van der Waals surface area contributed by atoms with E-state index in [4.69, 9.17) is 23.7 Å². The molecule has 0 radical (unpaired) electrons. The van der Waals surface area contributed by atoms with Crippen LogP contribution in [0.5, 0.6) is 11.5 Å². The number of anilines is 1. The first-order valence-electron chi connectivity index (χ1n) is 19.4. The van der Waals surface area contributed by atoms with Crippen LogP contribution < -0.4 is 19.7 Å². The van der Waals surface area contributed by atoms with E-state index in [1.54, 1.807) is 12.4 Å². The van der Waals surface area contributed by atoms with Crippen molar-refractivity contribution >= 4 is 40.3 Å². The van der Waals surface area contributed by atoms with Crippen LogP contribution in [0.3, 0.4) is 0 Å². The van der Waals surface area contributed by atoms with Crippen LogP contribution >= 0.6 is 0 Å². The Morgan fingerprint density at radius 1 is 0.789 bits per heavy atom. The van der Waals surface area contributed by atoms with Crippen LogP contribution in [0.4, 0.5) is 5.82 Å². The van der Waals surface area contributed by atoms with Gasteiger partial charge >= 0.3 is 0 Å². The monoisotopic (exact) mass is 782 g/mol. The van der Waals surface area contributed by atoms with Crippen LogP contribution in [0.25, 0.3) is 22.3 Å². The molecule has 1 aliphatic carbocycles. The molecule has 4 aromatic rings. The number of imide groups is 2. The summed E-state index contributed by atoms with van der Waals surface area (Å²) < 4.78 is 28.9. The molecule has 1 atom stereocenters. The van der Waals surface area contributed by atoms with Gasteiger partial charge in [0.2, 0.25) is 11.8 Å². The van der Waals surface area contributed by atoms with Crippen molar-refractivity contribution in [3.8, 4) is 22.9 Å². The highest BCUT2D eigenvalue weighted by Gasteiger charge is 2.45. The fraction of sp³-hybridized carbons (Fsp3) is 0.475. The number of rotatable bonds is 18. The number of ether oxygens (including phenoxy) is 5. The Morgan fingerprint density at radius 3 is 2.26 bits per heavy atom. The summed E-state index contributed by atoms with van der Waals surface area (Å²) in [6.07, 6.45) is 3.92. The van der Waals surface area contributed by atoms with Gasteiger partial charge in [-0.1, -0.05) is 0 Å². The van der Waals surface area contributed by atoms with E-state index >= 15 is 0 Å². The molecule has 0 bridgehead atoms. The Labute approximate surface area is 328 Å². The third-order valence-corrected chi connectivity index (χ3v) is 10.6. The van der Waals surface area contributed by atoms with Crippen LogP contribution in [0.15, 0.2) is 48.8 Å². The Kier molecular flexibility index (Phi) is 11.4. The molecule has 4 aliphatic rings. The van der Waals surface area contributed by atoms with E-state index in [0.29, 0.717) is 45.4 Å². The lowest BCUT2D eigenvalue weighted by Crippen LogP contribution is -2.54. The zero-order valence-electron chi connectivity index (χ0n) is 31.9. The fourth-order valence-electron chi connectivity index (χ4n) is 7.16. The molecule has 1 saturated carbocycles. The standard InChI is InChI=1S/C40H46N8O9/c1-40(8-9-40)57-27-3-5-31-30(23-27)36(45-44-31)32-24-34(42-25-41-32)47-12-10-46(11-13-47)14-15-53-16-17-54-18-19-55-20-21-56-26-2-4-28-29(22-26)39(52)48(38(28)51)33-6-7-35(49)43-37(33)50/h2-5,22-25,33H,6-21H2,1H3,(H,44,45)(H,43,49,50). The molecular weight excluding hydrogens is 736 g/mol. The van der Waals surface area contributed by atoms with E-state index in [9.17, 15) is 19.2 Å². The van der Waals surface area contributed by atoms with Gasteiger partial charge in [-0.15, -0.1) is 0 Å². The first-order chi connectivity index (χ1) is 27.7. The number of fused-ring (bicyclic) bond motifs is 2. The maximum absolute atomic E-state index is 13.0. The van der Waals surface area contributed by atoms with Gasteiger partial charge in [0.15, 0.2) is 0 Å². The number of piperazine rings is 1. The number of benzene rings is 2. The minimum atomic E-state index is -1.01. The van der Waals surface area contributed by atoms with Crippen LogP contribution in [0.1, 0.15) is 53.3 Å². The normalized spacial score (nSPS) is 19.3. The number of carbonyl (C=O) groups excluding carboxylic acids is 4. The molecule has 17 heteroatoms. The van der Waals surface area contributed by atoms with E-state index in [2.05, 4.69) is 42.2 Å². The molecular formula is C40H46N8O9. The molecule has 1 unspecified atom stereocenters. The number of H-pyrrole nitrogens is 1. The smallest absolute Gasteiger partial charge is 0.262 e. The number of piperidine rings is 1. The van der Waals surface area contributed by atoms with Crippen molar-refractivity contribution in [2.24, 2.45) is 0 Å². The van der Waals surface area contributed by atoms with Crippen molar-refractivity contribution in [3.63, 3.8) is 0 Å². The van der Waals surface area contributed by atoms with Gasteiger partial charge in [-0.25, -0.2) is 9.97 Å². The average Bonchev–Trinajstić information content (AvgIpc) is 3.70. The van der Waals surface area contributed by atoms with E-state index in [0.717, 1.165) is 84.3 Å². The van der Waals surface area contributed by atoms with Gasteiger partial charge in [-0.05, 0) is 62.6 Å². The molecule has 3 fully saturated rings. The van der Waals surface area contributed by atoms with Gasteiger partial charge < -0.3 is 28.6 Å². The zero-order chi connectivity index (χ0) is 39.4. The van der Waals surface area contributed by atoms with Crippen molar-refractivity contribution in [1.29, 1.82) is 0 Å². The SMILES string of the molecule is CC1(Oc2ccc3[nH]nc(-c4cc(N5CCN(CCOCCOCCOCCOc6ccc7c(c6)C(=O)N(C6CCC(=O)NC6=O)C7=O)CC5)ncn4)c3c2)CC1. The molecule has 2 aromatic carbocycles. The second-order valence-electron chi connectivity index (χ2n) is 14.8. The number of nitrogens with one attached hydrogen (secondary N) is 2. The number of nitrogens with zero attached hydrogens (tertiary/aromatic N) is 6. The Morgan fingerprint density at radius 2 is 1.51 bits per heavy atom. The minimum absolute atomic E-state index is 0.0558. The van der Waals surface area contributed by atoms with Gasteiger partial charge in [-0.3, -0.25) is 39.4 Å². The molecule has 0 spiro atoms. The van der Waals surface area contributed by atoms with Crippen molar-refractivity contribution in [3.05, 3.63) is 59.9 Å². The summed E-state index contributed by atoms with van der Waals surface area (Å²) in [6, 6.07) is 11.6. The van der Waals surface area contributed by atoms with E-state index in [-0.39, 0.29) is 36.2 Å². The molecule has 17 nitrogen and oxygen atoms in total. The van der Waals surface area contributed by atoms with E-state index < -0.39 is 29.7 Å².